The zero-order valence-electron chi connectivity index (χ0n) is 17.9. The van der Waals surface area contributed by atoms with E-state index in [0.717, 1.165) is 50.9 Å². The highest BCUT2D eigenvalue weighted by Gasteiger charge is 2.52. The van der Waals surface area contributed by atoms with Crippen LogP contribution in [0.1, 0.15) is 75.2 Å². The predicted molar refractivity (Wildman–Crippen MR) is 112 cm³/mol. The molecule has 2 heterocycles. The molecular weight excluding hydrogens is 366 g/mol. The third-order valence-electron chi connectivity index (χ3n) is 7.24. The molecule has 2 atom stereocenters. The zero-order valence-corrected chi connectivity index (χ0v) is 17.9. The molecule has 7 nitrogen and oxygen atoms in total. The maximum Gasteiger partial charge on any atom is 0.273 e. The first kappa shape index (κ1) is 20.1. The zero-order chi connectivity index (χ0) is 20.6. The molecular formula is C22H33N5O2. The third-order valence-corrected chi connectivity index (χ3v) is 7.24. The van der Waals surface area contributed by atoms with E-state index in [1.807, 2.05) is 0 Å². The molecule has 2 aliphatic carbocycles. The number of anilines is 1. The molecule has 1 N–H and O–H groups in total. The molecule has 2 unspecified atom stereocenters. The van der Waals surface area contributed by atoms with Gasteiger partial charge in [0, 0.05) is 27.1 Å². The number of nitrogens with zero attached hydrogens (tertiary/aromatic N) is 4. The van der Waals surface area contributed by atoms with E-state index in [1.54, 1.807) is 20.3 Å². The summed E-state index contributed by atoms with van der Waals surface area (Å²) in [5, 5.41) is 3.46. The van der Waals surface area contributed by atoms with E-state index in [1.165, 1.54) is 23.9 Å². The lowest BCUT2D eigenvalue weighted by Crippen LogP contribution is -2.54. The quantitative estimate of drug-likeness (QED) is 0.824. The van der Waals surface area contributed by atoms with Crippen molar-refractivity contribution in [1.82, 2.24) is 20.2 Å². The van der Waals surface area contributed by atoms with E-state index in [9.17, 15) is 9.59 Å². The highest BCUT2D eigenvalue weighted by molar-refractivity contribution is 5.92. The Labute approximate surface area is 173 Å². The first-order chi connectivity index (χ1) is 13.8. The Morgan fingerprint density at radius 1 is 1.17 bits per heavy atom. The molecule has 1 saturated heterocycles. The Balaban J connectivity index is 1.49. The van der Waals surface area contributed by atoms with Gasteiger partial charge < -0.3 is 15.1 Å². The first-order valence-corrected chi connectivity index (χ1v) is 10.9. The highest BCUT2D eigenvalue weighted by Crippen LogP contribution is 2.44. The van der Waals surface area contributed by atoms with Gasteiger partial charge in [0.1, 0.15) is 11.5 Å². The van der Waals surface area contributed by atoms with Crippen molar-refractivity contribution >= 4 is 17.6 Å². The van der Waals surface area contributed by atoms with Gasteiger partial charge >= 0.3 is 0 Å². The Hall–Kier alpha value is -2.18. The molecule has 158 valence electrons. The second-order valence-electron chi connectivity index (χ2n) is 9.71. The van der Waals surface area contributed by atoms with Crippen molar-refractivity contribution in [1.29, 1.82) is 0 Å². The van der Waals surface area contributed by atoms with Crippen molar-refractivity contribution in [2.45, 2.75) is 76.3 Å². The standard InChI is InChI=1S/C22H33N5O2/c1-21(8-4-5-9-21)13-19(28)25-22-10-6-7-17(22)27(12-11-22)18-15-23-14-16(24-18)20(29)26(2)3/h14-15,17H,4-13H2,1-3H3,(H,25,28). The third kappa shape index (κ3) is 3.83. The molecule has 0 aromatic carbocycles. The molecule has 3 fully saturated rings. The second-order valence-corrected chi connectivity index (χ2v) is 9.71. The van der Waals surface area contributed by atoms with Crippen LogP contribution in [0, 0.1) is 5.41 Å². The van der Waals surface area contributed by atoms with Crippen LogP contribution in [0.3, 0.4) is 0 Å². The van der Waals surface area contributed by atoms with E-state index in [-0.39, 0.29) is 28.8 Å². The summed E-state index contributed by atoms with van der Waals surface area (Å²) < 4.78 is 0. The van der Waals surface area contributed by atoms with Crippen LogP contribution >= 0.6 is 0 Å². The Kier molecular flexibility index (Phi) is 5.25. The number of carbonyl (C=O) groups excluding carboxylic acids is 2. The maximum atomic E-state index is 13.0. The summed E-state index contributed by atoms with van der Waals surface area (Å²) in [5.74, 6) is 0.795. The van der Waals surface area contributed by atoms with Crippen molar-refractivity contribution in [2.24, 2.45) is 5.41 Å². The van der Waals surface area contributed by atoms with Gasteiger partial charge in [-0.15, -0.1) is 0 Å². The number of carbonyl (C=O) groups is 2. The fourth-order valence-electron chi connectivity index (χ4n) is 5.70. The summed E-state index contributed by atoms with van der Waals surface area (Å²) in [6.07, 6.45) is 12.8. The fourth-order valence-corrected chi connectivity index (χ4v) is 5.70. The molecule has 0 bridgehead atoms. The van der Waals surface area contributed by atoms with E-state index in [2.05, 4.69) is 27.1 Å². The lowest BCUT2D eigenvalue weighted by atomic mass is 9.84. The monoisotopic (exact) mass is 399 g/mol. The Morgan fingerprint density at radius 3 is 2.66 bits per heavy atom. The largest absolute Gasteiger partial charge is 0.350 e. The number of hydrogen-bond donors (Lipinski definition) is 1. The second kappa shape index (κ2) is 7.58. The van der Waals surface area contributed by atoms with E-state index in [4.69, 9.17) is 0 Å². The number of amides is 2. The van der Waals surface area contributed by atoms with Crippen LogP contribution in [0.15, 0.2) is 12.4 Å². The lowest BCUT2D eigenvalue weighted by molar-refractivity contribution is -0.125. The van der Waals surface area contributed by atoms with Crippen molar-refractivity contribution in [3.05, 3.63) is 18.1 Å². The molecule has 2 saturated carbocycles. The topological polar surface area (TPSA) is 78.4 Å². The molecule has 7 heteroatoms. The normalized spacial score (nSPS) is 27.7. The summed E-state index contributed by atoms with van der Waals surface area (Å²) in [7, 11) is 3.43. The molecule has 1 aromatic rings. The molecule has 0 radical (unpaired) electrons. The maximum absolute atomic E-state index is 13.0. The minimum absolute atomic E-state index is 0.144. The number of fused-ring (bicyclic) bond motifs is 1. The van der Waals surface area contributed by atoms with Gasteiger partial charge in [-0.05, 0) is 43.9 Å². The number of nitrogens with one attached hydrogen (secondary N) is 1. The molecule has 1 aliphatic heterocycles. The van der Waals surface area contributed by atoms with Gasteiger partial charge in [0.15, 0.2) is 0 Å². The van der Waals surface area contributed by atoms with Gasteiger partial charge in [0.2, 0.25) is 5.91 Å². The minimum Gasteiger partial charge on any atom is -0.350 e. The smallest absolute Gasteiger partial charge is 0.273 e. The van der Waals surface area contributed by atoms with Crippen molar-refractivity contribution < 1.29 is 9.59 Å². The van der Waals surface area contributed by atoms with E-state index >= 15 is 0 Å². The Bertz CT molecular complexity index is 789. The predicted octanol–water partition coefficient (Wildman–Crippen LogP) is 2.77. The van der Waals surface area contributed by atoms with Gasteiger partial charge in [-0.1, -0.05) is 19.8 Å². The van der Waals surface area contributed by atoms with Crippen LogP contribution in [0.2, 0.25) is 0 Å². The van der Waals surface area contributed by atoms with E-state index in [0.29, 0.717) is 12.1 Å². The van der Waals surface area contributed by atoms with Crippen LogP contribution in [0.5, 0.6) is 0 Å². The highest BCUT2D eigenvalue weighted by atomic mass is 16.2. The lowest BCUT2D eigenvalue weighted by Gasteiger charge is -2.35. The average molecular weight is 400 g/mol. The van der Waals surface area contributed by atoms with Gasteiger partial charge in [-0.3, -0.25) is 14.6 Å². The van der Waals surface area contributed by atoms with Gasteiger partial charge in [0.25, 0.3) is 5.91 Å². The number of aromatic nitrogens is 2. The first-order valence-electron chi connectivity index (χ1n) is 10.9. The van der Waals surface area contributed by atoms with Crippen LogP contribution in [-0.4, -0.2) is 58.9 Å². The van der Waals surface area contributed by atoms with Crippen molar-refractivity contribution in [3.63, 3.8) is 0 Å². The van der Waals surface area contributed by atoms with Crippen molar-refractivity contribution in [2.75, 3.05) is 25.5 Å². The summed E-state index contributed by atoms with van der Waals surface area (Å²) >= 11 is 0. The Morgan fingerprint density at radius 2 is 1.93 bits per heavy atom. The summed E-state index contributed by atoms with van der Waals surface area (Å²) in [6, 6.07) is 0.224. The SMILES string of the molecule is CN(C)C(=O)c1cncc(N2CCC3(NC(=O)CC4(C)CCCC4)CCCC23)n1. The molecule has 29 heavy (non-hydrogen) atoms. The molecule has 0 spiro atoms. The molecule has 1 aromatic heterocycles. The average Bonchev–Trinajstić information content (AvgIpc) is 3.36. The van der Waals surface area contributed by atoms with Crippen LogP contribution < -0.4 is 10.2 Å². The van der Waals surface area contributed by atoms with E-state index < -0.39 is 0 Å². The fraction of sp³-hybridized carbons (Fsp3) is 0.727. The van der Waals surface area contributed by atoms with Gasteiger partial charge in [-0.2, -0.15) is 0 Å². The molecule has 3 aliphatic rings. The summed E-state index contributed by atoms with van der Waals surface area (Å²) in [5.41, 5.74) is 0.357. The minimum atomic E-state index is -0.171. The molecule has 4 rings (SSSR count). The van der Waals surface area contributed by atoms with Crippen LogP contribution in [-0.2, 0) is 4.79 Å². The number of hydrogen-bond acceptors (Lipinski definition) is 5. The van der Waals surface area contributed by atoms with Gasteiger partial charge in [-0.25, -0.2) is 4.98 Å². The van der Waals surface area contributed by atoms with Gasteiger partial charge in [0.05, 0.1) is 24.0 Å². The summed E-state index contributed by atoms with van der Waals surface area (Å²) in [4.78, 5) is 37.9. The molecule has 2 amide bonds. The number of rotatable bonds is 5. The summed E-state index contributed by atoms with van der Waals surface area (Å²) in [6.45, 7) is 3.09. The van der Waals surface area contributed by atoms with Crippen molar-refractivity contribution in [3.8, 4) is 0 Å². The van der Waals surface area contributed by atoms with Crippen LogP contribution in [0.25, 0.3) is 0 Å². The van der Waals surface area contributed by atoms with Crippen LogP contribution in [0.4, 0.5) is 5.82 Å².